The summed E-state index contributed by atoms with van der Waals surface area (Å²) in [6.07, 6.45) is 4.91. The van der Waals surface area contributed by atoms with Crippen LogP contribution in [-0.4, -0.2) is 72.1 Å². The third kappa shape index (κ3) is 5.28. The molecule has 1 atom stereocenters. The molecule has 0 saturated carbocycles. The molecule has 0 aromatic rings. The fourth-order valence-electron chi connectivity index (χ4n) is 3.37. The number of nitrogens with zero attached hydrogens (tertiary/aromatic N) is 2. The van der Waals surface area contributed by atoms with E-state index in [4.69, 9.17) is 5.11 Å². The normalized spacial score (nSPS) is 23.1. The molecular formula is C15H27N3O3. The van der Waals surface area contributed by atoms with Gasteiger partial charge in [0, 0.05) is 20.0 Å². The zero-order valence-electron chi connectivity index (χ0n) is 12.9. The Kier molecular flexibility index (Phi) is 5.99. The highest BCUT2D eigenvalue weighted by molar-refractivity contribution is 5.82. The van der Waals surface area contributed by atoms with Crippen molar-refractivity contribution in [1.82, 2.24) is 15.1 Å². The molecule has 0 aromatic heterocycles. The summed E-state index contributed by atoms with van der Waals surface area (Å²) in [5.41, 5.74) is 0. The number of likely N-dealkylation sites (tertiary alicyclic amines) is 2. The van der Waals surface area contributed by atoms with Crippen LogP contribution in [0.5, 0.6) is 0 Å². The van der Waals surface area contributed by atoms with Crippen molar-refractivity contribution in [3.63, 3.8) is 0 Å². The van der Waals surface area contributed by atoms with E-state index in [1.54, 1.807) is 0 Å². The minimum atomic E-state index is -0.954. The first-order chi connectivity index (χ1) is 10.0. The van der Waals surface area contributed by atoms with Crippen LogP contribution in [0, 0.1) is 5.92 Å². The molecular weight excluding hydrogens is 270 g/mol. The summed E-state index contributed by atoms with van der Waals surface area (Å²) in [5, 5.41) is 11.7. The van der Waals surface area contributed by atoms with Gasteiger partial charge in [0.1, 0.15) is 6.04 Å². The van der Waals surface area contributed by atoms with E-state index < -0.39 is 12.0 Å². The van der Waals surface area contributed by atoms with Crippen LogP contribution in [0.4, 0.5) is 0 Å². The Morgan fingerprint density at radius 1 is 1.14 bits per heavy atom. The molecule has 0 radical (unpaired) electrons. The van der Waals surface area contributed by atoms with Crippen molar-refractivity contribution in [1.29, 1.82) is 0 Å². The van der Waals surface area contributed by atoms with Gasteiger partial charge in [-0.25, -0.2) is 4.79 Å². The van der Waals surface area contributed by atoms with Gasteiger partial charge in [-0.1, -0.05) is 0 Å². The van der Waals surface area contributed by atoms with Gasteiger partial charge in [-0.3, -0.25) is 4.79 Å². The van der Waals surface area contributed by atoms with Gasteiger partial charge in [0.15, 0.2) is 0 Å². The first-order valence-electron chi connectivity index (χ1n) is 7.99. The standard InChI is InChI=1S/C15H27N3O3/c1-12(19)16-14(15(20)21)11-18-8-4-13(5-9-18)10-17-6-2-3-7-17/h13-14H,2-11H2,1H3,(H,16,19)(H,20,21). The largest absolute Gasteiger partial charge is 0.480 e. The van der Waals surface area contributed by atoms with Crippen LogP contribution in [0.3, 0.4) is 0 Å². The van der Waals surface area contributed by atoms with Crippen molar-refractivity contribution >= 4 is 11.9 Å². The Bertz CT molecular complexity index is 361. The second-order valence-electron chi connectivity index (χ2n) is 6.34. The van der Waals surface area contributed by atoms with Crippen LogP contribution in [0.1, 0.15) is 32.6 Å². The summed E-state index contributed by atoms with van der Waals surface area (Å²) < 4.78 is 0. The predicted molar refractivity (Wildman–Crippen MR) is 80.1 cm³/mol. The first kappa shape index (κ1) is 16.2. The number of rotatable bonds is 6. The zero-order valence-corrected chi connectivity index (χ0v) is 12.9. The average molecular weight is 297 g/mol. The van der Waals surface area contributed by atoms with Gasteiger partial charge in [-0.2, -0.15) is 0 Å². The zero-order chi connectivity index (χ0) is 15.2. The molecule has 0 bridgehead atoms. The first-order valence-corrected chi connectivity index (χ1v) is 7.99. The van der Waals surface area contributed by atoms with Gasteiger partial charge < -0.3 is 20.2 Å². The Labute approximate surface area is 126 Å². The van der Waals surface area contributed by atoms with Crippen molar-refractivity contribution in [3.8, 4) is 0 Å². The van der Waals surface area contributed by atoms with E-state index in [1.165, 1.54) is 39.4 Å². The molecule has 2 rings (SSSR count). The fraction of sp³-hybridized carbons (Fsp3) is 0.867. The van der Waals surface area contributed by atoms with Gasteiger partial charge >= 0.3 is 5.97 Å². The number of nitrogens with one attached hydrogen (secondary N) is 1. The van der Waals surface area contributed by atoms with E-state index in [9.17, 15) is 9.59 Å². The summed E-state index contributed by atoms with van der Waals surface area (Å²) in [7, 11) is 0. The van der Waals surface area contributed by atoms with Crippen LogP contribution in [0.2, 0.25) is 0 Å². The topological polar surface area (TPSA) is 72.9 Å². The van der Waals surface area contributed by atoms with Crippen LogP contribution < -0.4 is 5.32 Å². The van der Waals surface area contributed by atoms with Crippen LogP contribution in [0.15, 0.2) is 0 Å². The number of aliphatic carboxylic acids is 1. The molecule has 2 heterocycles. The predicted octanol–water partition coefficient (Wildman–Crippen LogP) is 0.384. The molecule has 21 heavy (non-hydrogen) atoms. The number of carbonyl (C=O) groups is 2. The number of hydrogen-bond acceptors (Lipinski definition) is 4. The Balaban J connectivity index is 1.72. The number of carboxylic acid groups (broad SMARTS) is 1. The highest BCUT2D eigenvalue weighted by atomic mass is 16.4. The maximum absolute atomic E-state index is 11.2. The molecule has 2 aliphatic rings. The van der Waals surface area contributed by atoms with Gasteiger partial charge in [-0.05, 0) is 57.8 Å². The van der Waals surface area contributed by atoms with Crippen molar-refractivity contribution in [2.45, 2.75) is 38.6 Å². The number of piperidine rings is 1. The molecule has 120 valence electrons. The molecule has 2 fully saturated rings. The lowest BCUT2D eigenvalue weighted by Crippen LogP contribution is -2.50. The lowest BCUT2D eigenvalue weighted by molar-refractivity contribution is -0.142. The summed E-state index contributed by atoms with van der Waals surface area (Å²) in [4.78, 5) is 26.9. The van der Waals surface area contributed by atoms with E-state index >= 15 is 0 Å². The van der Waals surface area contributed by atoms with Crippen molar-refractivity contribution < 1.29 is 14.7 Å². The lowest BCUT2D eigenvalue weighted by Gasteiger charge is -2.35. The van der Waals surface area contributed by atoms with Gasteiger partial charge in [0.2, 0.25) is 5.91 Å². The molecule has 2 saturated heterocycles. The van der Waals surface area contributed by atoms with Crippen molar-refractivity contribution in [2.24, 2.45) is 5.92 Å². The monoisotopic (exact) mass is 297 g/mol. The number of carboxylic acids is 1. The lowest BCUT2D eigenvalue weighted by atomic mass is 9.96. The summed E-state index contributed by atoms with van der Waals surface area (Å²) in [6, 6.07) is -0.794. The van der Waals surface area contributed by atoms with E-state index in [2.05, 4.69) is 15.1 Å². The fourth-order valence-corrected chi connectivity index (χ4v) is 3.37. The maximum Gasteiger partial charge on any atom is 0.327 e. The molecule has 2 aliphatic heterocycles. The maximum atomic E-state index is 11.2. The average Bonchev–Trinajstić information content (AvgIpc) is 2.92. The Morgan fingerprint density at radius 2 is 1.76 bits per heavy atom. The Morgan fingerprint density at radius 3 is 2.29 bits per heavy atom. The smallest absolute Gasteiger partial charge is 0.327 e. The SMILES string of the molecule is CC(=O)NC(CN1CCC(CN2CCCC2)CC1)C(=O)O. The summed E-state index contributed by atoms with van der Waals surface area (Å²) in [6.45, 7) is 7.31. The quantitative estimate of drug-likeness (QED) is 0.742. The minimum absolute atomic E-state index is 0.286. The molecule has 6 heteroatoms. The molecule has 1 unspecified atom stereocenters. The molecule has 0 aromatic carbocycles. The van der Waals surface area contributed by atoms with Crippen molar-refractivity contribution in [3.05, 3.63) is 0 Å². The molecule has 1 amide bonds. The highest BCUT2D eigenvalue weighted by Crippen LogP contribution is 2.20. The number of amides is 1. The van der Waals surface area contributed by atoms with Crippen molar-refractivity contribution in [2.75, 3.05) is 39.3 Å². The van der Waals surface area contributed by atoms with E-state index in [0.29, 0.717) is 6.54 Å². The van der Waals surface area contributed by atoms with Gasteiger partial charge in [0.05, 0.1) is 0 Å². The highest BCUT2D eigenvalue weighted by Gasteiger charge is 2.26. The molecule has 2 N–H and O–H groups in total. The van der Waals surface area contributed by atoms with Crippen LogP contribution >= 0.6 is 0 Å². The van der Waals surface area contributed by atoms with E-state index in [1.807, 2.05) is 0 Å². The van der Waals surface area contributed by atoms with E-state index in [0.717, 1.165) is 31.8 Å². The summed E-state index contributed by atoms with van der Waals surface area (Å²) in [5.74, 6) is -0.501. The third-order valence-electron chi connectivity index (χ3n) is 4.54. The third-order valence-corrected chi connectivity index (χ3v) is 4.54. The van der Waals surface area contributed by atoms with E-state index in [-0.39, 0.29) is 5.91 Å². The molecule has 0 spiro atoms. The minimum Gasteiger partial charge on any atom is -0.480 e. The van der Waals surface area contributed by atoms with Crippen LogP contribution in [0.25, 0.3) is 0 Å². The number of hydrogen-bond donors (Lipinski definition) is 2. The van der Waals surface area contributed by atoms with Gasteiger partial charge in [0.25, 0.3) is 0 Å². The number of carbonyl (C=O) groups excluding carboxylic acids is 1. The van der Waals surface area contributed by atoms with Crippen LogP contribution in [-0.2, 0) is 9.59 Å². The second-order valence-corrected chi connectivity index (χ2v) is 6.34. The van der Waals surface area contributed by atoms with Gasteiger partial charge in [-0.15, -0.1) is 0 Å². The second kappa shape index (κ2) is 7.75. The molecule has 6 nitrogen and oxygen atoms in total. The summed E-state index contributed by atoms with van der Waals surface area (Å²) >= 11 is 0. The molecule has 0 aliphatic carbocycles. The Hall–Kier alpha value is -1.14.